The number of hydrogen-bond acceptors (Lipinski definition) is 1. The molecule has 1 fully saturated rings. The van der Waals surface area contributed by atoms with Crippen molar-refractivity contribution in [2.75, 3.05) is 6.54 Å². The number of hydrogen-bond donors (Lipinski definition) is 1. The molecule has 2 unspecified atom stereocenters. The fraction of sp³-hybridized carbons (Fsp3) is 0.647. The Labute approximate surface area is 133 Å². The van der Waals surface area contributed by atoms with Crippen molar-refractivity contribution in [2.24, 2.45) is 11.3 Å². The van der Waals surface area contributed by atoms with E-state index < -0.39 is 0 Å². The molecule has 1 saturated carbocycles. The maximum Gasteiger partial charge on any atom is 0.0453 e. The largest absolute Gasteiger partial charge is 0.314 e. The van der Waals surface area contributed by atoms with Crippen LogP contribution in [0.15, 0.2) is 18.2 Å². The molecule has 3 heteroatoms. The van der Waals surface area contributed by atoms with Crippen molar-refractivity contribution in [3.8, 4) is 0 Å². The predicted octanol–water partition coefficient (Wildman–Crippen LogP) is 5.34. The number of rotatable bonds is 5. The van der Waals surface area contributed by atoms with Gasteiger partial charge >= 0.3 is 0 Å². The molecule has 2 rings (SSSR count). The first kappa shape index (κ1) is 16.1. The summed E-state index contributed by atoms with van der Waals surface area (Å²) in [5.74, 6) is 0.717. The summed E-state index contributed by atoms with van der Waals surface area (Å²) >= 11 is 12.3. The first-order valence-corrected chi connectivity index (χ1v) is 8.37. The molecule has 112 valence electrons. The van der Waals surface area contributed by atoms with Gasteiger partial charge in [-0.1, -0.05) is 56.5 Å². The van der Waals surface area contributed by atoms with Crippen molar-refractivity contribution < 1.29 is 0 Å². The van der Waals surface area contributed by atoms with Crippen molar-refractivity contribution in [1.82, 2.24) is 5.32 Å². The maximum atomic E-state index is 6.34. The van der Waals surface area contributed by atoms with Crippen LogP contribution in [0.5, 0.6) is 0 Å². The summed E-state index contributed by atoms with van der Waals surface area (Å²) in [6.07, 6.45) is 4.97. The molecule has 0 aromatic heterocycles. The molecular formula is C17H25Cl2N. The minimum Gasteiger partial charge on any atom is -0.314 e. The normalized spacial score (nSPS) is 22.9. The SMILES string of the molecule is CCNC(Cc1ccc(Cl)cc1Cl)C1CCCC1(C)C. The first-order chi connectivity index (χ1) is 9.44. The number of nitrogens with one attached hydrogen (secondary N) is 1. The van der Waals surface area contributed by atoms with Gasteiger partial charge < -0.3 is 5.32 Å². The van der Waals surface area contributed by atoms with E-state index in [2.05, 4.69) is 32.2 Å². The third-order valence-corrected chi connectivity index (χ3v) is 5.33. The smallest absolute Gasteiger partial charge is 0.0453 e. The standard InChI is InChI=1S/C17H25Cl2N/c1-4-20-16(14-6-5-9-17(14,2)3)10-12-7-8-13(18)11-15(12)19/h7-8,11,14,16,20H,4-6,9-10H2,1-3H3. The van der Waals surface area contributed by atoms with Crippen LogP contribution in [0.3, 0.4) is 0 Å². The molecule has 20 heavy (non-hydrogen) atoms. The highest BCUT2D eigenvalue weighted by Gasteiger charge is 2.39. The molecule has 0 bridgehead atoms. The summed E-state index contributed by atoms with van der Waals surface area (Å²) in [7, 11) is 0. The summed E-state index contributed by atoms with van der Waals surface area (Å²) in [5.41, 5.74) is 1.62. The second-order valence-corrected chi connectivity index (χ2v) is 7.43. The van der Waals surface area contributed by atoms with Crippen LogP contribution in [0.1, 0.15) is 45.6 Å². The molecule has 1 nitrogen and oxygen atoms in total. The van der Waals surface area contributed by atoms with Gasteiger partial charge in [0, 0.05) is 16.1 Å². The average Bonchev–Trinajstić information content (AvgIpc) is 2.71. The van der Waals surface area contributed by atoms with Gasteiger partial charge in [0.25, 0.3) is 0 Å². The van der Waals surface area contributed by atoms with Crippen LogP contribution in [0, 0.1) is 11.3 Å². The van der Waals surface area contributed by atoms with E-state index in [1.165, 1.54) is 24.8 Å². The summed E-state index contributed by atoms with van der Waals surface area (Å²) < 4.78 is 0. The molecule has 0 radical (unpaired) electrons. The van der Waals surface area contributed by atoms with Gasteiger partial charge in [0.2, 0.25) is 0 Å². The average molecular weight is 314 g/mol. The number of benzene rings is 1. The second kappa shape index (κ2) is 6.68. The van der Waals surface area contributed by atoms with Gasteiger partial charge in [-0.2, -0.15) is 0 Å². The van der Waals surface area contributed by atoms with E-state index in [9.17, 15) is 0 Å². The van der Waals surface area contributed by atoms with Crippen LogP contribution in [0.4, 0.5) is 0 Å². The molecule has 0 aliphatic heterocycles. The van der Waals surface area contributed by atoms with E-state index in [1.54, 1.807) is 0 Å². The monoisotopic (exact) mass is 313 g/mol. The molecule has 2 atom stereocenters. The minimum absolute atomic E-state index is 0.422. The van der Waals surface area contributed by atoms with Crippen molar-refractivity contribution >= 4 is 23.2 Å². The molecule has 1 aromatic rings. The van der Waals surface area contributed by atoms with Gasteiger partial charge in [0.15, 0.2) is 0 Å². The van der Waals surface area contributed by atoms with Crippen molar-refractivity contribution in [2.45, 2.75) is 52.5 Å². The highest BCUT2D eigenvalue weighted by molar-refractivity contribution is 6.35. The third kappa shape index (κ3) is 3.69. The third-order valence-electron chi connectivity index (χ3n) is 4.75. The Balaban J connectivity index is 2.17. The molecule has 1 aliphatic carbocycles. The summed E-state index contributed by atoms with van der Waals surface area (Å²) in [4.78, 5) is 0. The molecule has 1 N–H and O–H groups in total. The van der Waals surface area contributed by atoms with Crippen LogP contribution in [0.25, 0.3) is 0 Å². The quantitative estimate of drug-likeness (QED) is 0.773. The van der Waals surface area contributed by atoms with Gasteiger partial charge in [-0.3, -0.25) is 0 Å². The lowest BCUT2D eigenvalue weighted by Gasteiger charge is -2.35. The summed E-state index contributed by atoms with van der Waals surface area (Å²) in [5, 5.41) is 5.18. The molecule has 0 amide bonds. The van der Waals surface area contributed by atoms with Gasteiger partial charge in [-0.05, 0) is 54.8 Å². The zero-order valence-corrected chi connectivity index (χ0v) is 14.2. The highest BCUT2D eigenvalue weighted by Crippen LogP contribution is 2.45. The fourth-order valence-corrected chi connectivity index (χ4v) is 4.13. The molecule has 0 spiro atoms. The van der Waals surface area contributed by atoms with Gasteiger partial charge in [0.05, 0.1) is 0 Å². The predicted molar refractivity (Wildman–Crippen MR) is 88.8 cm³/mol. The zero-order chi connectivity index (χ0) is 14.8. The lowest BCUT2D eigenvalue weighted by molar-refractivity contribution is 0.197. The Kier molecular flexibility index (Phi) is 5.39. The van der Waals surface area contributed by atoms with Crippen LogP contribution in [0.2, 0.25) is 10.0 Å². The van der Waals surface area contributed by atoms with Crippen LogP contribution in [-0.2, 0) is 6.42 Å². The summed E-state index contributed by atoms with van der Waals surface area (Å²) in [6, 6.07) is 6.35. The Bertz CT molecular complexity index is 456. The Morgan fingerprint density at radius 2 is 2.10 bits per heavy atom. The molecule has 0 heterocycles. The lowest BCUT2D eigenvalue weighted by Crippen LogP contribution is -2.42. The Morgan fingerprint density at radius 1 is 1.35 bits per heavy atom. The van der Waals surface area contributed by atoms with E-state index in [0.29, 0.717) is 22.4 Å². The van der Waals surface area contributed by atoms with Crippen LogP contribution < -0.4 is 5.32 Å². The van der Waals surface area contributed by atoms with Crippen molar-refractivity contribution in [3.63, 3.8) is 0 Å². The Hall–Kier alpha value is -0.240. The molecular weight excluding hydrogens is 289 g/mol. The van der Waals surface area contributed by atoms with Gasteiger partial charge in [-0.25, -0.2) is 0 Å². The second-order valence-electron chi connectivity index (χ2n) is 6.59. The number of likely N-dealkylation sites (N-methyl/N-ethyl adjacent to an activating group) is 1. The minimum atomic E-state index is 0.422. The Morgan fingerprint density at radius 3 is 2.65 bits per heavy atom. The highest BCUT2D eigenvalue weighted by atomic mass is 35.5. The number of halogens is 2. The molecule has 0 saturated heterocycles. The first-order valence-electron chi connectivity index (χ1n) is 7.61. The van der Waals surface area contributed by atoms with E-state index in [-0.39, 0.29) is 0 Å². The van der Waals surface area contributed by atoms with Crippen molar-refractivity contribution in [3.05, 3.63) is 33.8 Å². The summed E-state index contributed by atoms with van der Waals surface area (Å²) in [6.45, 7) is 7.98. The zero-order valence-electron chi connectivity index (χ0n) is 12.7. The maximum absolute atomic E-state index is 6.34. The van der Waals surface area contributed by atoms with E-state index in [4.69, 9.17) is 23.2 Å². The van der Waals surface area contributed by atoms with E-state index >= 15 is 0 Å². The molecule has 1 aromatic carbocycles. The van der Waals surface area contributed by atoms with Gasteiger partial charge in [0.1, 0.15) is 0 Å². The topological polar surface area (TPSA) is 12.0 Å². The van der Waals surface area contributed by atoms with Crippen molar-refractivity contribution in [1.29, 1.82) is 0 Å². The fourth-order valence-electron chi connectivity index (χ4n) is 3.64. The van der Waals surface area contributed by atoms with E-state index in [1.807, 2.05) is 12.1 Å². The molecule has 1 aliphatic rings. The van der Waals surface area contributed by atoms with Crippen LogP contribution >= 0.6 is 23.2 Å². The van der Waals surface area contributed by atoms with Crippen LogP contribution in [-0.4, -0.2) is 12.6 Å². The van der Waals surface area contributed by atoms with E-state index in [0.717, 1.165) is 18.0 Å². The lowest BCUT2D eigenvalue weighted by atomic mass is 9.76. The van der Waals surface area contributed by atoms with Gasteiger partial charge in [-0.15, -0.1) is 0 Å².